The Balaban J connectivity index is 2.92. The zero-order valence-corrected chi connectivity index (χ0v) is 12.7. The molecule has 8 heteroatoms. The van der Waals surface area contributed by atoms with Crippen molar-refractivity contribution in [2.24, 2.45) is 0 Å². The molecule has 0 radical (unpaired) electrons. The molecule has 0 saturated heterocycles. The summed E-state index contributed by atoms with van der Waals surface area (Å²) in [6, 6.07) is 1.89. The van der Waals surface area contributed by atoms with Crippen molar-refractivity contribution in [3.63, 3.8) is 0 Å². The molecule has 1 aromatic rings. The van der Waals surface area contributed by atoms with E-state index in [0.717, 1.165) is 17.6 Å². The highest BCUT2D eigenvalue weighted by molar-refractivity contribution is 7.91. The molecule has 6 nitrogen and oxygen atoms in total. The maximum Gasteiger partial charge on any atom is 0.180 e. The van der Waals surface area contributed by atoms with E-state index in [1.165, 1.54) is 0 Å². The van der Waals surface area contributed by atoms with Crippen molar-refractivity contribution in [2.45, 2.75) is 24.8 Å². The molecule has 0 bridgehead atoms. The third kappa shape index (κ3) is 4.09. The van der Waals surface area contributed by atoms with Gasteiger partial charge in [0.15, 0.2) is 9.84 Å². The molecule has 0 amide bonds. The minimum Gasteiger partial charge on any atom is -0.396 e. The van der Waals surface area contributed by atoms with E-state index in [0.29, 0.717) is 18.2 Å². The summed E-state index contributed by atoms with van der Waals surface area (Å²) < 4.78 is 28.7. The van der Waals surface area contributed by atoms with Crippen molar-refractivity contribution in [3.8, 4) is 6.07 Å². The summed E-state index contributed by atoms with van der Waals surface area (Å²) in [5, 5.41) is 12.2. The standard InChI is InChI=1S/C11H17N3O3S2/c1-7(2)17-5-4-14-11-10(19(3,15)16)9(13)8(6-12)18-11/h7,14H,4-5,13H2,1-3H3. The molecule has 0 unspecified atom stereocenters. The molecule has 106 valence electrons. The van der Waals surface area contributed by atoms with Crippen molar-refractivity contribution in [1.29, 1.82) is 5.26 Å². The summed E-state index contributed by atoms with van der Waals surface area (Å²) >= 11 is 1.04. The number of anilines is 2. The Kier molecular flexibility index (Phi) is 5.17. The van der Waals surface area contributed by atoms with Gasteiger partial charge in [0.1, 0.15) is 20.8 Å². The number of sulfone groups is 1. The van der Waals surface area contributed by atoms with Crippen LogP contribution in [0.25, 0.3) is 0 Å². The van der Waals surface area contributed by atoms with Gasteiger partial charge in [0.25, 0.3) is 0 Å². The van der Waals surface area contributed by atoms with Gasteiger partial charge in [-0.3, -0.25) is 0 Å². The molecular weight excluding hydrogens is 286 g/mol. The number of hydrogen-bond acceptors (Lipinski definition) is 7. The first kappa shape index (κ1) is 15.8. The van der Waals surface area contributed by atoms with Gasteiger partial charge in [0.2, 0.25) is 0 Å². The Hall–Kier alpha value is -1.30. The summed E-state index contributed by atoms with van der Waals surface area (Å²) in [6.45, 7) is 4.73. The number of rotatable bonds is 6. The molecule has 0 aliphatic rings. The maximum absolute atomic E-state index is 11.7. The molecule has 19 heavy (non-hydrogen) atoms. The highest BCUT2D eigenvalue weighted by Crippen LogP contribution is 2.38. The van der Waals surface area contributed by atoms with Crippen LogP contribution in [0.15, 0.2) is 4.90 Å². The van der Waals surface area contributed by atoms with Crippen LogP contribution in [-0.4, -0.2) is 33.9 Å². The number of hydrogen-bond donors (Lipinski definition) is 2. The monoisotopic (exact) mass is 303 g/mol. The molecule has 0 fully saturated rings. The van der Waals surface area contributed by atoms with E-state index < -0.39 is 9.84 Å². The molecule has 0 aliphatic carbocycles. The normalized spacial score (nSPS) is 11.5. The Bertz CT molecular complexity index is 585. The topological polar surface area (TPSA) is 105 Å². The third-order valence-corrected chi connectivity index (χ3v) is 4.57. The summed E-state index contributed by atoms with van der Waals surface area (Å²) in [4.78, 5) is 0.200. The summed E-state index contributed by atoms with van der Waals surface area (Å²) in [7, 11) is -3.48. The fourth-order valence-corrected chi connectivity index (χ4v) is 3.85. The number of nitrogens with two attached hydrogens (primary N) is 1. The molecule has 1 heterocycles. The average Bonchev–Trinajstić information content (AvgIpc) is 2.60. The highest BCUT2D eigenvalue weighted by Gasteiger charge is 2.23. The largest absolute Gasteiger partial charge is 0.396 e. The summed E-state index contributed by atoms with van der Waals surface area (Å²) in [5.41, 5.74) is 5.71. The van der Waals surface area contributed by atoms with E-state index in [9.17, 15) is 8.42 Å². The minimum atomic E-state index is -3.48. The summed E-state index contributed by atoms with van der Waals surface area (Å²) in [5.74, 6) is 0. The van der Waals surface area contributed by atoms with Crippen LogP contribution in [0.5, 0.6) is 0 Å². The van der Waals surface area contributed by atoms with Crippen molar-refractivity contribution in [1.82, 2.24) is 0 Å². The van der Waals surface area contributed by atoms with Crippen LogP contribution in [0.4, 0.5) is 10.7 Å². The molecule has 0 saturated carbocycles. The average molecular weight is 303 g/mol. The highest BCUT2D eigenvalue weighted by atomic mass is 32.2. The SMILES string of the molecule is CC(C)OCCNc1sc(C#N)c(N)c1S(C)(=O)=O. The predicted octanol–water partition coefficient (Wildman–Crippen LogP) is 1.44. The first-order valence-electron chi connectivity index (χ1n) is 5.65. The van der Waals surface area contributed by atoms with Crippen LogP contribution in [0.2, 0.25) is 0 Å². The van der Waals surface area contributed by atoms with Gasteiger partial charge in [-0.2, -0.15) is 5.26 Å². The van der Waals surface area contributed by atoms with E-state index in [-0.39, 0.29) is 21.6 Å². The van der Waals surface area contributed by atoms with Gasteiger partial charge in [0.05, 0.1) is 18.4 Å². The van der Waals surface area contributed by atoms with E-state index in [2.05, 4.69) is 5.32 Å². The predicted molar refractivity (Wildman–Crippen MR) is 76.1 cm³/mol. The van der Waals surface area contributed by atoms with Crippen LogP contribution in [0.3, 0.4) is 0 Å². The van der Waals surface area contributed by atoms with Gasteiger partial charge in [-0.1, -0.05) is 0 Å². The van der Waals surface area contributed by atoms with Gasteiger partial charge in [-0.15, -0.1) is 11.3 Å². The first-order valence-corrected chi connectivity index (χ1v) is 8.36. The Labute approximate surface area is 117 Å². The zero-order chi connectivity index (χ0) is 14.6. The molecule has 1 aromatic heterocycles. The fraction of sp³-hybridized carbons (Fsp3) is 0.545. The zero-order valence-electron chi connectivity index (χ0n) is 11.1. The molecule has 0 aliphatic heterocycles. The second-order valence-corrected chi connectivity index (χ2v) is 7.21. The van der Waals surface area contributed by atoms with Crippen LogP contribution in [0, 0.1) is 11.3 Å². The van der Waals surface area contributed by atoms with Gasteiger partial charge >= 0.3 is 0 Å². The van der Waals surface area contributed by atoms with Gasteiger partial charge in [-0.25, -0.2) is 8.42 Å². The van der Waals surface area contributed by atoms with Crippen molar-refractivity contribution >= 4 is 31.9 Å². The van der Waals surface area contributed by atoms with Crippen LogP contribution >= 0.6 is 11.3 Å². The van der Waals surface area contributed by atoms with Gasteiger partial charge in [-0.05, 0) is 13.8 Å². The molecule has 0 atom stereocenters. The van der Waals surface area contributed by atoms with E-state index in [4.69, 9.17) is 15.7 Å². The first-order chi connectivity index (χ1) is 8.77. The Morgan fingerprint density at radius 1 is 1.53 bits per heavy atom. The van der Waals surface area contributed by atoms with Crippen LogP contribution < -0.4 is 11.1 Å². The smallest absolute Gasteiger partial charge is 0.180 e. The molecule has 0 aromatic carbocycles. The number of nitrogen functional groups attached to an aromatic ring is 1. The van der Waals surface area contributed by atoms with E-state index in [1.807, 2.05) is 19.9 Å². The third-order valence-electron chi connectivity index (χ3n) is 2.21. The Morgan fingerprint density at radius 2 is 2.16 bits per heavy atom. The lowest BCUT2D eigenvalue weighted by molar-refractivity contribution is 0.0871. The number of nitrogens with one attached hydrogen (secondary N) is 1. The molecular formula is C11H17N3O3S2. The fourth-order valence-electron chi connectivity index (χ4n) is 1.46. The van der Waals surface area contributed by atoms with E-state index >= 15 is 0 Å². The minimum absolute atomic E-state index is 0.00130. The number of ether oxygens (including phenoxy) is 1. The van der Waals surface area contributed by atoms with Crippen molar-refractivity contribution in [2.75, 3.05) is 30.5 Å². The van der Waals surface area contributed by atoms with Crippen molar-refractivity contribution in [3.05, 3.63) is 4.88 Å². The maximum atomic E-state index is 11.7. The number of nitriles is 1. The lowest BCUT2D eigenvalue weighted by atomic mass is 10.4. The van der Waals surface area contributed by atoms with Crippen LogP contribution in [0.1, 0.15) is 18.7 Å². The second-order valence-electron chi connectivity index (χ2n) is 4.23. The molecule has 1 rings (SSSR count). The molecule has 0 spiro atoms. The number of nitrogens with zero attached hydrogens (tertiary/aromatic N) is 1. The van der Waals surface area contributed by atoms with Crippen molar-refractivity contribution < 1.29 is 13.2 Å². The quantitative estimate of drug-likeness (QED) is 0.770. The molecule has 3 N–H and O–H groups in total. The van der Waals surface area contributed by atoms with Gasteiger partial charge < -0.3 is 15.8 Å². The number of thiophene rings is 1. The Morgan fingerprint density at radius 3 is 2.63 bits per heavy atom. The lowest BCUT2D eigenvalue weighted by Crippen LogP contribution is -2.14. The van der Waals surface area contributed by atoms with Crippen LogP contribution in [-0.2, 0) is 14.6 Å². The lowest BCUT2D eigenvalue weighted by Gasteiger charge is -2.09. The second kappa shape index (κ2) is 6.23. The summed E-state index contributed by atoms with van der Waals surface area (Å²) in [6.07, 6.45) is 1.18. The van der Waals surface area contributed by atoms with E-state index in [1.54, 1.807) is 0 Å². The van der Waals surface area contributed by atoms with Gasteiger partial charge in [0, 0.05) is 12.8 Å².